The normalized spacial score (nSPS) is 12.3. The predicted molar refractivity (Wildman–Crippen MR) is 83.4 cm³/mol. The van der Waals surface area contributed by atoms with Crippen molar-refractivity contribution >= 4 is 0 Å². The lowest BCUT2D eigenvalue weighted by Crippen LogP contribution is -2.27. The Morgan fingerprint density at radius 2 is 2.19 bits per heavy atom. The van der Waals surface area contributed by atoms with E-state index in [2.05, 4.69) is 35.3 Å². The summed E-state index contributed by atoms with van der Waals surface area (Å²) in [6, 6.07) is 6.17. The Labute approximate surface area is 126 Å². The quantitative estimate of drug-likeness (QED) is 0.811. The highest BCUT2D eigenvalue weighted by Crippen LogP contribution is 2.27. The second kappa shape index (κ2) is 7.78. The number of rotatable bonds is 8. The molecule has 0 saturated heterocycles. The molecule has 0 amide bonds. The van der Waals surface area contributed by atoms with E-state index in [0.29, 0.717) is 0 Å². The topological polar surface area (TPSA) is 52.0 Å². The lowest BCUT2D eigenvalue weighted by atomic mass is 10.1. The van der Waals surface area contributed by atoms with Crippen LogP contribution in [-0.4, -0.2) is 28.4 Å². The maximum Gasteiger partial charge on any atom is 0.161 e. The molecule has 0 aliphatic rings. The Morgan fingerprint density at radius 1 is 1.33 bits per heavy atom. The second-order valence-corrected chi connectivity index (χ2v) is 4.95. The molecular formula is C16H24N4O. The first-order chi connectivity index (χ1) is 10.3. The molecule has 2 heterocycles. The molecule has 0 radical (unpaired) electrons. The highest BCUT2D eigenvalue weighted by Gasteiger charge is 2.21. The van der Waals surface area contributed by atoms with Crippen LogP contribution in [0, 0.1) is 0 Å². The molecule has 1 unspecified atom stereocenters. The SMILES string of the molecule is CCCNC(Cc1ccccn1)c1c(OC)cnn1CC. The van der Waals surface area contributed by atoms with Gasteiger partial charge in [0.1, 0.15) is 0 Å². The molecule has 0 aliphatic heterocycles. The first kappa shape index (κ1) is 15.5. The van der Waals surface area contributed by atoms with Gasteiger partial charge in [0, 0.05) is 24.9 Å². The molecule has 0 aromatic carbocycles. The van der Waals surface area contributed by atoms with Gasteiger partial charge in [-0.25, -0.2) is 0 Å². The summed E-state index contributed by atoms with van der Waals surface area (Å²) < 4.78 is 7.48. The summed E-state index contributed by atoms with van der Waals surface area (Å²) in [5.41, 5.74) is 2.16. The first-order valence-electron chi connectivity index (χ1n) is 7.53. The molecule has 1 atom stereocenters. The van der Waals surface area contributed by atoms with E-state index in [1.165, 1.54) is 0 Å². The lowest BCUT2D eigenvalue weighted by Gasteiger charge is -2.20. The van der Waals surface area contributed by atoms with Gasteiger partial charge < -0.3 is 10.1 Å². The zero-order valence-corrected chi connectivity index (χ0v) is 13.0. The summed E-state index contributed by atoms with van der Waals surface area (Å²) in [5, 5.41) is 8.00. The van der Waals surface area contributed by atoms with Gasteiger partial charge in [-0.1, -0.05) is 13.0 Å². The van der Waals surface area contributed by atoms with E-state index in [4.69, 9.17) is 4.74 Å². The van der Waals surface area contributed by atoms with Crippen LogP contribution in [0.4, 0.5) is 0 Å². The van der Waals surface area contributed by atoms with Crippen molar-refractivity contribution in [3.8, 4) is 5.75 Å². The molecule has 21 heavy (non-hydrogen) atoms. The summed E-state index contributed by atoms with van der Waals surface area (Å²) in [7, 11) is 1.69. The highest BCUT2D eigenvalue weighted by atomic mass is 16.5. The van der Waals surface area contributed by atoms with Gasteiger partial charge in [0.15, 0.2) is 5.75 Å². The average Bonchev–Trinajstić information content (AvgIpc) is 2.95. The molecule has 5 nitrogen and oxygen atoms in total. The van der Waals surface area contributed by atoms with Gasteiger partial charge >= 0.3 is 0 Å². The Bertz CT molecular complexity index is 517. The number of pyridine rings is 1. The Balaban J connectivity index is 2.28. The van der Waals surface area contributed by atoms with Crippen molar-refractivity contribution in [1.29, 1.82) is 0 Å². The molecule has 0 spiro atoms. The molecule has 1 N–H and O–H groups in total. The Hall–Kier alpha value is -1.88. The second-order valence-electron chi connectivity index (χ2n) is 4.95. The van der Waals surface area contributed by atoms with Gasteiger partial charge in [0.2, 0.25) is 0 Å². The summed E-state index contributed by atoms with van der Waals surface area (Å²) in [6.07, 6.45) is 5.53. The number of aromatic nitrogens is 3. The minimum Gasteiger partial charge on any atom is -0.493 e. The van der Waals surface area contributed by atoms with Crippen LogP contribution < -0.4 is 10.1 Å². The fourth-order valence-corrected chi connectivity index (χ4v) is 2.45. The van der Waals surface area contributed by atoms with E-state index in [1.807, 2.05) is 23.0 Å². The highest BCUT2D eigenvalue weighted by molar-refractivity contribution is 5.29. The van der Waals surface area contributed by atoms with E-state index < -0.39 is 0 Å². The summed E-state index contributed by atoms with van der Waals surface area (Å²) in [4.78, 5) is 4.44. The van der Waals surface area contributed by atoms with Gasteiger partial charge in [-0.3, -0.25) is 9.67 Å². The Morgan fingerprint density at radius 3 is 2.81 bits per heavy atom. The van der Waals surface area contributed by atoms with Crippen molar-refractivity contribution in [2.75, 3.05) is 13.7 Å². The molecule has 2 aromatic heterocycles. The third-order valence-corrected chi connectivity index (χ3v) is 3.47. The molecular weight excluding hydrogens is 264 g/mol. The van der Waals surface area contributed by atoms with Crippen molar-refractivity contribution in [2.45, 2.75) is 39.3 Å². The van der Waals surface area contributed by atoms with E-state index in [-0.39, 0.29) is 6.04 Å². The largest absolute Gasteiger partial charge is 0.493 e. The summed E-state index contributed by atoms with van der Waals surface area (Å²) in [6.45, 7) is 6.04. The van der Waals surface area contributed by atoms with Crippen LogP contribution in [-0.2, 0) is 13.0 Å². The summed E-state index contributed by atoms with van der Waals surface area (Å²) >= 11 is 0. The minimum absolute atomic E-state index is 0.150. The molecule has 5 heteroatoms. The van der Waals surface area contributed by atoms with Crippen molar-refractivity contribution in [1.82, 2.24) is 20.1 Å². The number of aryl methyl sites for hydroxylation is 1. The van der Waals surface area contributed by atoms with Gasteiger partial charge in [0.25, 0.3) is 0 Å². The molecule has 2 rings (SSSR count). The third kappa shape index (κ3) is 3.82. The Kier molecular flexibility index (Phi) is 5.75. The number of hydrogen-bond acceptors (Lipinski definition) is 4. The van der Waals surface area contributed by atoms with Crippen LogP contribution in [0.5, 0.6) is 5.75 Å². The number of methoxy groups -OCH3 is 1. The van der Waals surface area contributed by atoms with E-state index in [0.717, 1.165) is 43.1 Å². The van der Waals surface area contributed by atoms with Gasteiger partial charge in [-0.05, 0) is 32.0 Å². The van der Waals surface area contributed by atoms with Crippen LogP contribution in [0.1, 0.15) is 37.7 Å². The fraction of sp³-hybridized carbons (Fsp3) is 0.500. The molecule has 0 bridgehead atoms. The molecule has 114 valence electrons. The van der Waals surface area contributed by atoms with Crippen molar-refractivity contribution < 1.29 is 4.74 Å². The van der Waals surface area contributed by atoms with Crippen molar-refractivity contribution in [3.05, 3.63) is 42.0 Å². The molecule has 2 aromatic rings. The van der Waals surface area contributed by atoms with Gasteiger partial charge in [-0.2, -0.15) is 5.10 Å². The number of hydrogen-bond donors (Lipinski definition) is 1. The molecule has 0 fully saturated rings. The number of nitrogens with one attached hydrogen (secondary N) is 1. The van der Waals surface area contributed by atoms with Crippen LogP contribution in [0.3, 0.4) is 0 Å². The summed E-state index contributed by atoms with van der Waals surface area (Å²) in [5.74, 6) is 0.835. The molecule has 0 aliphatic carbocycles. The number of nitrogens with zero attached hydrogens (tertiary/aromatic N) is 3. The minimum atomic E-state index is 0.150. The van der Waals surface area contributed by atoms with Crippen LogP contribution >= 0.6 is 0 Å². The number of ether oxygens (including phenoxy) is 1. The monoisotopic (exact) mass is 288 g/mol. The maximum atomic E-state index is 5.48. The zero-order valence-electron chi connectivity index (χ0n) is 13.0. The lowest BCUT2D eigenvalue weighted by molar-refractivity contribution is 0.389. The van der Waals surface area contributed by atoms with Gasteiger partial charge in [-0.15, -0.1) is 0 Å². The third-order valence-electron chi connectivity index (χ3n) is 3.47. The standard InChI is InChI=1S/C16H24N4O/c1-4-9-18-14(11-13-8-6-7-10-17-13)16-15(21-3)12-19-20(16)5-2/h6-8,10,12,14,18H,4-5,9,11H2,1-3H3. The smallest absolute Gasteiger partial charge is 0.161 e. The van der Waals surface area contributed by atoms with Crippen LogP contribution in [0.15, 0.2) is 30.6 Å². The van der Waals surface area contributed by atoms with E-state index in [9.17, 15) is 0 Å². The van der Waals surface area contributed by atoms with E-state index >= 15 is 0 Å². The maximum absolute atomic E-state index is 5.48. The van der Waals surface area contributed by atoms with Crippen molar-refractivity contribution in [3.63, 3.8) is 0 Å². The predicted octanol–water partition coefficient (Wildman–Crippen LogP) is 2.59. The van der Waals surface area contributed by atoms with Crippen LogP contribution in [0.2, 0.25) is 0 Å². The average molecular weight is 288 g/mol. The zero-order chi connectivity index (χ0) is 15.1. The first-order valence-corrected chi connectivity index (χ1v) is 7.53. The van der Waals surface area contributed by atoms with Crippen LogP contribution in [0.25, 0.3) is 0 Å². The molecule has 0 saturated carbocycles. The van der Waals surface area contributed by atoms with Crippen molar-refractivity contribution in [2.24, 2.45) is 0 Å². The van der Waals surface area contributed by atoms with E-state index in [1.54, 1.807) is 13.3 Å². The fourth-order valence-electron chi connectivity index (χ4n) is 2.45. The van der Waals surface area contributed by atoms with Gasteiger partial charge in [0.05, 0.1) is 25.0 Å².